The Bertz CT molecular complexity index is 223. The highest BCUT2D eigenvalue weighted by molar-refractivity contribution is 7.10. The number of terminal acetylenes is 1. The molecule has 0 saturated heterocycles. The fraction of sp³-hybridized carbons (Fsp3) is 0. The van der Waals surface area contributed by atoms with E-state index in [9.17, 15) is 0 Å². The molecule has 0 aliphatic heterocycles. The lowest BCUT2D eigenvalue weighted by Gasteiger charge is -1.74. The number of thiazole rings is 1. The van der Waals surface area contributed by atoms with Gasteiger partial charge in [0.25, 0.3) is 0 Å². The second-order valence-corrected chi connectivity index (χ2v) is 2.33. The molecule has 0 atom stereocenters. The summed E-state index contributed by atoms with van der Waals surface area (Å²) in [5.41, 5.74) is 1.62. The first-order valence-corrected chi connectivity index (χ1v) is 3.16. The maximum absolute atomic E-state index is 5.50. The molecule has 3 heteroatoms. The molecule has 0 radical (unpaired) electrons. The molecule has 0 amide bonds. The fourth-order valence-corrected chi connectivity index (χ4v) is 1.10. The average molecular weight is 144 g/mol. The van der Waals surface area contributed by atoms with Crippen molar-refractivity contribution < 1.29 is 0 Å². The van der Waals surface area contributed by atoms with Crippen LogP contribution in [-0.4, -0.2) is 4.98 Å². The van der Waals surface area contributed by atoms with Crippen molar-refractivity contribution in [3.63, 3.8) is 0 Å². The summed E-state index contributed by atoms with van der Waals surface area (Å²) in [7, 11) is 0. The molecule has 40 valence electrons. The lowest BCUT2D eigenvalue weighted by atomic mass is 10.6. The molecule has 8 heavy (non-hydrogen) atoms. The van der Waals surface area contributed by atoms with Gasteiger partial charge in [-0.25, -0.2) is 4.98 Å². The van der Waals surface area contributed by atoms with Gasteiger partial charge in [0.1, 0.15) is 4.88 Å². The SMILES string of the molecule is C#Cc1scnc1Cl. The van der Waals surface area contributed by atoms with Crippen LogP contribution in [-0.2, 0) is 0 Å². The maximum Gasteiger partial charge on any atom is 0.155 e. The van der Waals surface area contributed by atoms with E-state index in [-0.39, 0.29) is 0 Å². The van der Waals surface area contributed by atoms with Crippen molar-refractivity contribution in [2.45, 2.75) is 0 Å². The van der Waals surface area contributed by atoms with Crippen LogP contribution in [0.1, 0.15) is 4.88 Å². The lowest BCUT2D eigenvalue weighted by molar-refractivity contribution is 1.42. The molecular formula is C5H2ClNS. The van der Waals surface area contributed by atoms with E-state index < -0.39 is 0 Å². The summed E-state index contributed by atoms with van der Waals surface area (Å²) in [5.74, 6) is 2.40. The third-order valence-electron chi connectivity index (χ3n) is 0.655. The third-order valence-corrected chi connectivity index (χ3v) is 1.81. The Balaban J connectivity index is 3.15. The summed E-state index contributed by atoms with van der Waals surface area (Å²) in [6.07, 6.45) is 5.03. The van der Waals surface area contributed by atoms with Crippen LogP contribution < -0.4 is 0 Å². The molecule has 0 unspecified atom stereocenters. The van der Waals surface area contributed by atoms with Crippen LogP contribution >= 0.6 is 22.9 Å². The number of hydrogen-bond donors (Lipinski definition) is 0. The summed E-state index contributed by atoms with van der Waals surface area (Å²) in [6.45, 7) is 0. The Labute approximate surface area is 56.3 Å². The second-order valence-electron chi connectivity index (χ2n) is 1.12. The number of halogens is 1. The van der Waals surface area contributed by atoms with E-state index in [4.69, 9.17) is 18.0 Å². The largest absolute Gasteiger partial charge is 0.232 e. The fourth-order valence-electron chi connectivity index (χ4n) is 0.326. The van der Waals surface area contributed by atoms with Gasteiger partial charge in [-0.1, -0.05) is 17.5 Å². The quantitative estimate of drug-likeness (QED) is 0.505. The molecule has 1 rings (SSSR count). The minimum atomic E-state index is 0.428. The number of rotatable bonds is 0. The highest BCUT2D eigenvalue weighted by atomic mass is 35.5. The van der Waals surface area contributed by atoms with Crippen LogP contribution in [0, 0.1) is 12.3 Å². The molecule has 1 aromatic rings. The van der Waals surface area contributed by atoms with Gasteiger partial charge in [0.2, 0.25) is 0 Å². The van der Waals surface area contributed by atoms with Gasteiger partial charge in [0, 0.05) is 0 Å². The van der Waals surface area contributed by atoms with Crippen molar-refractivity contribution in [2.24, 2.45) is 0 Å². The number of hydrogen-bond acceptors (Lipinski definition) is 2. The minimum absolute atomic E-state index is 0.428. The standard InChI is InChI=1S/C5H2ClNS/c1-2-4-5(6)7-3-8-4/h1,3H. The van der Waals surface area contributed by atoms with Crippen LogP contribution in [0.5, 0.6) is 0 Å². The molecule has 0 bridgehead atoms. The second kappa shape index (κ2) is 2.17. The normalized spacial score (nSPS) is 8.50. The third kappa shape index (κ3) is 0.835. The van der Waals surface area contributed by atoms with E-state index >= 15 is 0 Å². The smallest absolute Gasteiger partial charge is 0.155 e. The zero-order valence-electron chi connectivity index (χ0n) is 3.89. The Morgan fingerprint density at radius 1 is 1.88 bits per heavy atom. The van der Waals surface area contributed by atoms with E-state index in [0.29, 0.717) is 10.0 Å². The van der Waals surface area contributed by atoms with Crippen LogP contribution in [0.3, 0.4) is 0 Å². The van der Waals surface area contributed by atoms with E-state index in [1.807, 2.05) is 0 Å². The van der Waals surface area contributed by atoms with Gasteiger partial charge in [-0.3, -0.25) is 0 Å². The summed E-state index contributed by atoms with van der Waals surface area (Å²) >= 11 is 6.87. The zero-order chi connectivity index (χ0) is 5.98. The molecule has 1 aromatic heterocycles. The van der Waals surface area contributed by atoms with Gasteiger partial charge >= 0.3 is 0 Å². The van der Waals surface area contributed by atoms with Crippen molar-refractivity contribution in [3.05, 3.63) is 15.5 Å². The molecule has 0 aliphatic carbocycles. The van der Waals surface area contributed by atoms with Crippen LogP contribution in [0.2, 0.25) is 5.15 Å². The van der Waals surface area contributed by atoms with Gasteiger partial charge < -0.3 is 0 Å². The average Bonchev–Trinajstić information content (AvgIpc) is 2.14. The van der Waals surface area contributed by atoms with E-state index in [0.717, 1.165) is 0 Å². The van der Waals surface area contributed by atoms with E-state index in [1.54, 1.807) is 5.51 Å². The predicted octanol–water partition coefficient (Wildman–Crippen LogP) is 1.78. The zero-order valence-corrected chi connectivity index (χ0v) is 5.46. The van der Waals surface area contributed by atoms with E-state index in [2.05, 4.69) is 10.9 Å². The van der Waals surface area contributed by atoms with Crippen molar-refractivity contribution >= 4 is 22.9 Å². The Morgan fingerprint density at radius 2 is 2.62 bits per heavy atom. The Hall–Kier alpha value is -0.520. The summed E-state index contributed by atoms with van der Waals surface area (Å²) < 4.78 is 0. The molecule has 0 aromatic carbocycles. The molecule has 0 aliphatic rings. The lowest BCUT2D eigenvalue weighted by Crippen LogP contribution is -1.62. The summed E-state index contributed by atoms with van der Waals surface area (Å²) in [5, 5.41) is 0.428. The topological polar surface area (TPSA) is 12.9 Å². The Morgan fingerprint density at radius 3 is 2.88 bits per heavy atom. The van der Waals surface area contributed by atoms with Gasteiger partial charge in [0.15, 0.2) is 5.15 Å². The molecule has 0 N–H and O–H groups in total. The van der Waals surface area contributed by atoms with Crippen LogP contribution in [0.15, 0.2) is 5.51 Å². The first-order valence-electron chi connectivity index (χ1n) is 1.90. The van der Waals surface area contributed by atoms with Crippen LogP contribution in [0.25, 0.3) is 0 Å². The minimum Gasteiger partial charge on any atom is -0.232 e. The first-order chi connectivity index (χ1) is 3.84. The molecule has 0 spiro atoms. The molecular weight excluding hydrogens is 142 g/mol. The highest BCUT2D eigenvalue weighted by Gasteiger charge is 1.95. The molecule has 1 heterocycles. The summed E-state index contributed by atoms with van der Waals surface area (Å²) in [4.78, 5) is 4.43. The van der Waals surface area contributed by atoms with Crippen LogP contribution in [0.4, 0.5) is 0 Å². The molecule has 0 saturated carbocycles. The first kappa shape index (κ1) is 5.61. The predicted molar refractivity (Wildman–Crippen MR) is 35.1 cm³/mol. The van der Waals surface area contributed by atoms with Crippen molar-refractivity contribution in [2.75, 3.05) is 0 Å². The van der Waals surface area contributed by atoms with Gasteiger partial charge in [-0.15, -0.1) is 17.8 Å². The maximum atomic E-state index is 5.50. The number of nitrogens with zero attached hydrogens (tertiary/aromatic N) is 1. The van der Waals surface area contributed by atoms with Gasteiger partial charge in [-0.2, -0.15) is 0 Å². The molecule has 0 fully saturated rings. The van der Waals surface area contributed by atoms with E-state index in [1.165, 1.54) is 11.3 Å². The molecule has 1 nitrogen and oxygen atoms in total. The van der Waals surface area contributed by atoms with Gasteiger partial charge in [0.05, 0.1) is 5.51 Å². The van der Waals surface area contributed by atoms with Crippen molar-refractivity contribution in [1.82, 2.24) is 4.98 Å². The monoisotopic (exact) mass is 143 g/mol. The summed E-state index contributed by atoms with van der Waals surface area (Å²) in [6, 6.07) is 0. The highest BCUT2D eigenvalue weighted by Crippen LogP contribution is 2.15. The number of aromatic nitrogens is 1. The van der Waals surface area contributed by atoms with Crippen molar-refractivity contribution in [3.8, 4) is 12.3 Å². The van der Waals surface area contributed by atoms with Gasteiger partial charge in [-0.05, 0) is 0 Å². The Kier molecular flexibility index (Phi) is 1.52. The van der Waals surface area contributed by atoms with Crippen molar-refractivity contribution in [1.29, 1.82) is 0 Å².